The molecule has 0 aliphatic carbocycles. The summed E-state index contributed by atoms with van der Waals surface area (Å²) in [5.74, 6) is -0.343. The highest BCUT2D eigenvalue weighted by Gasteiger charge is 2.32. The predicted molar refractivity (Wildman–Crippen MR) is 75.7 cm³/mol. The summed E-state index contributed by atoms with van der Waals surface area (Å²) in [7, 11) is 0. The van der Waals surface area contributed by atoms with Crippen LogP contribution in [-0.4, -0.2) is 24.5 Å². The van der Waals surface area contributed by atoms with Gasteiger partial charge in [0, 0.05) is 13.1 Å². The molecule has 1 atom stereocenters. The van der Waals surface area contributed by atoms with E-state index in [1.165, 1.54) is 6.07 Å². The Labute approximate surface area is 119 Å². The second-order valence-electron chi connectivity index (χ2n) is 5.22. The average molecular weight is 293 g/mol. The molecule has 5 heteroatoms. The smallest absolute Gasteiger partial charge is 0.142 e. The zero-order valence-corrected chi connectivity index (χ0v) is 12.0. The van der Waals surface area contributed by atoms with Crippen molar-refractivity contribution in [2.45, 2.75) is 19.9 Å². The van der Waals surface area contributed by atoms with Crippen LogP contribution in [0.25, 0.3) is 0 Å². The molecular weight excluding hydrogens is 274 g/mol. The zero-order chi connectivity index (χ0) is 12.5. The van der Waals surface area contributed by atoms with Crippen molar-refractivity contribution in [2.75, 3.05) is 19.6 Å². The number of nitrogens with zero attached hydrogens (tertiary/aromatic N) is 1. The molecule has 18 heavy (non-hydrogen) atoms. The molecule has 1 aliphatic rings. The lowest BCUT2D eigenvalue weighted by atomic mass is 9.90. The van der Waals surface area contributed by atoms with Crippen LogP contribution in [0.3, 0.4) is 0 Å². The maximum absolute atomic E-state index is 13.3. The molecule has 0 bridgehead atoms. The summed E-state index contributed by atoms with van der Waals surface area (Å²) < 4.78 is 13.3. The predicted octanol–water partition coefficient (Wildman–Crippen LogP) is 3.07. The Balaban J connectivity index is 0.00000162. The van der Waals surface area contributed by atoms with Gasteiger partial charge in [-0.1, -0.05) is 24.6 Å². The van der Waals surface area contributed by atoms with E-state index >= 15 is 0 Å². The molecule has 102 valence electrons. The van der Waals surface area contributed by atoms with Crippen LogP contribution >= 0.6 is 24.0 Å². The van der Waals surface area contributed by atoms with Gasteiger partial charge < -0.3 is 5.73 Å². The number of hydrogen-bond acceptors (Lipinski definition) is 2. The van der Waals surface area contributed by atoms with E-state index in [4.69, 9.17) is 17.3 Å². The monoisotopic (exact) mass is 292 g/mol. The van der Waals surface area contributed by atoms with E-state index in [1.54, 1.807) is 6.07 Å². The molecule has 0 amide bonds. The molecule has 1 saturated heterocycles. The lowest BCUT2D eigenvalue weighted by Gasteiger charge is -2.22. The molecule has 0 saturated carbocycles. The fourth-order valence-electron chi connectivity index (χ4n) is 2.32. The summed E-state index contributed by atoms with van der Waals surface area (Å²) >= 11 is 5.66. The van der Waals surface area contributed by atoms with Crippen molar-refractivity contribution in [3.8, 4) is 0 Å². The van der Waals surface area contributed by atoms with Crippen molar-refractivity contribution in [1.29, 1.82) is 0 Å². The topological polar surface area (TPSA) is 29.3 Å². The number of hydrogen-bond donors (Lipinski definition) is 1. The highest BCUT2D eigenvalue weighted by molar-refractivity contribution is 6.30. The van der Waals surface area contributed by atoms with Gasteiger partial charge in [0.25, 0.3) is 0 Å². The lowest BCUT2D eigenvalue weighted by molar-refractivity contribution is 0.274. The third kappa shape index (κ3) is 3.58. The summed E-state index contributed by atoms with van der Waals surface area (Å²) in [6.45, 7) is 5.68. The highest BCUT2D eigenvalue weighted by Crippen LogP contribution is 2.29. The van der Waals surface area contributed by atoms with E-state index in [0.717, 1.165) is 31.6 Å². The van der Waals surface area contributed by atoms with Gasteiger partial charge in [-0.3, -0.25) is 4.90 Å². The molecule has 1 aromatic rings. The van der Waals surface area contributed by atoms with E-state index in [2.05, 4.69) is 11.8 Å². The van der Waals surface area contributed by atoms with Crippen molar-refractivity contribution in [1.82, 2.24) is 4.90 Å². The molecule has 2 nitrogen and oxygen atoms in total. The summed E-state index contributed by atoms with van der Waals surface area (Å²) in [6, 6.07) is 5.01. The van der Waals surface area contributed by atoms with Crippen molar-refractivity contribution in [3.63, 3.8) is 0 Å². The SMILES string of the molecule is CC1(CN)CCN(Cc2ccc(Cl)c(F)c2)C1.Cl. The summed E-state index contributed by atoms with van der Waals surface area (Å²) in [4.78, 5) is 2.32. The van der Waals surface area contributed by atoms with Crippen LogP contribution in [0.15, 0.2) is 18.2 Å². The molecule has 1 fully saturated rings. The molecule has 0 radical (unpaired) electrons. The van der Waals surface area contributed by atoms with Crippen LogP contribution in [0.2, 0.25) is 5.02 Å². The molecule has 2 N–H and O–H groups in total. The standard InChI is InChI=1S/C13H18ClFN2.ClH/c1-13(8-16)4-5-17(9-13)7-10-2-3-11(14)12(15)6-10;/h2-3,6H,4-5,7-9,16H2,1H3;1H. The molecular formula is C13H19Cl2FN2. The van der Waals surface area contributed by atoms with Crippen molar-refractivity contribution < 1.29 is 4.39 Å². The van der Waals surface area contributed by atoms with E-state index in [0.29, 0.717) is 6.54 Å². The quantitative estimate of drug-likeness (QED) is 0.928. The van der Waals surface area contributed by atoms with Gasteiger partial charge in [-0.15, -0.1) is 12.4 Å². The fraction of sp³-hybridized carbons (Fsp3) is 0.538. The third-order valence-corrected chi connectivity index (χ3v) is 3.83. The van der Waals surface area contributed by atoms with Gasteiger partial charge in [0.15, 0.2) is 0 Å². The first-order chi connectivity index (χ1) is 8.02. The first-order valence-electron chi connectivity index (χ1n) is 5.89. The minimum absolute atomic E-state index is 0. The van der Waals surface area contributed by atoms with Gasteiger partial charge in [0.2, 0.25) is 0 Å². The molecule has 1 aliphatic heterocycles. The minimum Gasteiger partial charge on any atom is -0.330 e. The Hall–Kier alpha value is -0.350. The van der Waals surface area contributed by atoms with Crippen molar-refractivity contribution in [3.05, 3.63) is 34.6 Å². The average Bonchev–Trinajstić information content (AvgIpc) is 2.67. The highest BCUT2D eigenvalue weighted by atomic mass is 35.5. The minimum atomic E-state index is -0.343. The maximum Gasteiger partial charge on any atom is 0.142 e. The Morgan fingerprint density at radius 1 is 1.50 bits per heavy atom. The fourth-order valence-corrected chi connectivity index (χ4v) is 2.44. The van der Waals surface area contributed by atoms with Crippen LogP contribution in [0.1, 0.15) is 18.9 Å². The summed E-state index contributed by atoms with van der Waals surface area (Å²) in [5.41, 5.74) is 6.94. The summed E-state index contributed by atoms with van der Waals surface area (Å²) in [5, 5.41) is 0.182. The van der Waals surface area contributed by atoms with Gasteiger partial charge in [-0.2, -0.15) is 0 Å². The van der Waals surface area contributed by atoms with Gasteiger partial charge >= 0.3 is 0 Å². The number of rotatable bonds is 3. The second-order valence-corrected chi connectivity index (χ2v) is 5.63. The van der Waals surface area contributed by atoms with Gasteiger partial charge in [0.1, 0.15) is 5.82 Å². The van der Waals surface area contributed by atoms with Crippen LogP contribution in [0.5, 0.6) is 0 Å². The third-order valence-electron chi connectivity index (χ3n) is 3.52. The van der Waals surface area contributed by atoms with Crippen LogP contribution in [0.4, 0.5) is 4.39 Å². The van der Waals surface area contributed by atoms with E-state index in [9.17, 15) is 4.39 Å². The zero-order valence-electron chi connectivity index (χ0n) is 10.5. The van der Waals surface area contributed by atoms with Gasteiger partial charge in [-0.05, 0) is 42.6 Å². The lowest BCUT2D eigenvalue weighted by Crippen LogP contribution is -2.31. The molecule has 1 unspecified atom stereocenters. The molecule has 0 aromatic heterocycles. The van der Waals surface area contributed by atoms with E-state index in [-0.39, 0.29) is 28.7 Å². The number of benzene rings is 1. The number of halogens is 3. The molecule has 1 aromatic carbocycles. The summed E-state index contributed by atoms with van der Waals surface area (Å²) in [6.07, 6.45) is 1.11. The van der Waals surface area contributed by atoms with E-state index in [1.807, 2.05) is 6.07 Å². The first-order valence-corrected chi connectivity index (χ1v) is 6.27. The van der Waals surface area contributed by atoms with Crippen LogP contribution < -0.4 is 5.73 Å². The number of likely N-dealkylation sites (tertiary alicyclic amines) is 1. The van der Waals surface area contributed by atoms with Crippen molar-refractivity contribution >= 4 is 24.0 Å². The largest absolute Gasteiger partial charge is 0.330 e. The Morgan fingerprint density at radius 3 is 2.78 bits per heavy atom. The normalized spacial score (nSPS) is 24.0. The Bertz CT molecular complexity index is 414. The second kappa shape index (κ2) is 6.20. The van der Waals surface area contributed by atoms with Gasteiger partial charge in [-0.25, -0.2) is 4.39 Å². The molecule has 2 rings (SSSR count). The van der Waals surface area contributed by atoms with Crippen LogP contribution in [-0.2, 0) is 6.54 Å². The maximum atomic E-state index is 13.3. The molecule has 0 spiro atoms. The Kier molecular flexibility index (Phi) is 5.41. The van der Waals surface area contributed by atoms with Crippen LogP contribution in [0, 0.1) is 11.2 Å². The molecule has 1 heterocycles. The number of nitrogens with two attached hydrogens (primary N) is 1. The van der Waals surface area contributed by atoms with E-state index < -0.39 is 0 Å². The first kappa shape index (κ1) is 15.7. The van der Waals surface area contributed by atoms with Gasteiger partial charge in [0.05, 0.1) is 5.02 Å². The van der Waals surface area contributed by atoms with Crippen molar-refractivity contribution in [2.24, 2.45) is 11.1 Å². The Morgan fingerprint density at radius 2 is 2.22 bits per heavy atom.